The van der Waals surface area contributed by atoms with Gasteiger partial charge in [-0.05, 0) is 19.3 Å². The molecule has 0 saturated carbocycles. The zero-order chi connectivity index (χ0) is 30.2. The van der Waals surface area contributed by atoms with Crippen molar-refractivity contribution in [3.05, 3.63) is 0 Å². The first-order valence-electron chi connectivity index (χ1n) is 18.3. The summed E-state index contributed by atoms with van der Waals surface area (Å²) < 4.78 is 10.8. The Bertz CT molecular complexity index is 561. The highest BCUT2D eigenvalue weighted by molar-refractivity contribution is 5.74. The number of hydrogen-bond donors (Lipinski definition) is 0. The van der Waals surface area contributed by atoms with Crippen LogP contribution < -0.4 is 0 Å². The Hall–Kier alpha value is -1.06. The van der Waals surface area contributed by atoms with E-state index in [2.05, 4.69) is 13.8 Å². The quantitative estimate of drug-likeness (QED) is 0.0586. The predicted molar refractivity (Wildman–Crippen MR) is 176 cm³/mol. The van der Waals surface area contributed by atoms with Crippen molar-refractivity contribution in [1.82, 2.24) is 0 Å². The molecule has 4 heteroatoms. The molecule has 0 aromatic carbocycles. The van der Waals surface area contributed by atoms with Gasteiger partial charge in [0.25, 0.3) is 0 Å². The van der Waals surface area contributed by atoms with Crippen LogP contribution in [0.4, 0.5) is 0 Å². The highest BCUT2D eigenvalue weighted by Crippen LogP contribution is 2.24. The minimum absolute atomic E-state index is 0.222. The van der Waals surface area contributed by atoms with Crippen LogP contribution in [0.3, 0.4) is 0 Å². The van der Waals surface area contributed by atoms with Gasteiger partial charge in [0.15, 0.2) is 0 Å². The topological polar surface area (TPSA) is 52.6 Å². The number of carbonyl (C=O) groups is 2. The summed E-state index contributed by atoms with van der Waals surface area (Å²) in [5, 5.41) is 0. The first kappa shape index (κ1) is 39.9. The summed E-state index contributed by atoms with van der Waals surface area (Å²) in [5.41, 5.74) is 0. The van der Waals surface area contributed by atoms with Crippen LogP contribution in [-0.4, -0.2) is 25.2 Å². The number of methoxy groups -OCH3 is 1. The Kier molecular flexibility index (Phi) is 31.0. The smallest absolute Gasteiger partial charge is 0.312 e. The second-order valence-corrected chi connectivity index (χ2v) is 12.7. The Morgan fingerprint density at radius 1 is 0.463 bits per heavy atom. The van der Waals surface area contributed by atoms with Crippen molar-refractivity contribution in [3.63, 3.8) is 0 Å². The molecule has 41 heavy (non-hydrogen) atoms. The van der Waals surface area contributed by atoms with Crippen LogP contribution >= 0.6 is 0 Å². The van der Waals surface area contributed by atoms with Gasteiger partial charge in [0.2, 0.25) is 0 Å². The SMILES string of the molecule is CCCCCCCCCCCCCCCCC[C@H](OC(C)=O)[C@@H](CCCCCCCCCCCCCC)C(=O)OC. The molecule has 4 nitrogen and oxygen atoms in total. The molecule has 0 bridgehead atoms. The van der Waals surface area contributed by atoms with E-state index in [0.29, 0.717) is 0 Å². The van der Waals surface area contributed by atoms with Crippen LogP contribution in [0.15, 0.2) is 0 Å². The van der Waals surface area contributed by atoms with E-state index in [4.69, 9.17) is 9.47 Å². The molecule has 0 rings (SSSR count). The maximum Gasteiger partial charge on any atom is 0.312 e. The molecule has 0 aromatic rings. The Morgan fingerprint density at radius 3 is 1.05 bits per heavy atom. The predicted octanol–water partition coefficient (Wildman–Crippen LogP) is 12.1. The molecule has 0 saturated heterocycles. The van der Waals surface area contributed by atoms with E-state index in [1.165, 1.54) is 162 Å². The molecule has 0 heterocycles. The van der Waals surface area contributed by atoms with Crippen molar-refractivity contribution < 1.29 is 19.1 Å². The number of ether oxygens (including phenoxy) is 2. The van der Waals surface area contributed by atoms with Crippen molar-refractivity contribution in [2.45, 2.75) is 213 Å². The second kappa shape index (κ2) is 31.9. The second-order valence-electron chi connectivity index (χ2n) is 12.7. The Labute approximate surface area is 256 Å². The molecule has 0 amide bonds. The molecule has 0 fully saturated rings. The van der Waals surface area contributed by atoms with E-state index in [1.807, 2.05) is 0 Å². The molecule has 0 aromatic heterocycles. The maximum atomic E-state index is 12.6. The van der Waals surface area contributed by atoms with Crippen molar-refractivity contribution in [1.29, 1.82) is 0 Å². The molecule has 0 radical (unpaired) electrons. The molecule has 0 aliphatic carbocycles. The normalized spacial score (nSPS) is 12.8. The lowest BCUT2D eigenvalue weighted by Crippen LogP contribution is -2.33. The molecular formula is C37H72O4. The van der Waals surface area contributed by atoms with E-state index < -0.39 is 0 Å². The average molecular weight is 581 g/mol. The summed E-state index contributed by atoms with van der Waals surface area (Å²) in [6.45, 7) is 6.00. The highest BCUT2D eigenvalue weighted by atomic mass is 16.6. The summed E-state index contributed by atoms with van der Waals surface area (Å²) >= 11 is 0. The summed E-state index contributed by atoms with van der Waals surface area (Å²) in [7, 11) is 1.45. The van der Waals surface area contributed by atoms with Crippen LogP contribution in [0.2, 0.25) is 0 Å². The average Bonchev–Trinajstić information content (AvgIpc) is 2.96. The lowest BCUT2D eigenvalue weighted by atomic mass is 9.91. The minimum atomic E-state index is -0.352. The van der Waals surface area contributed by atoms with Crippen molar-refractivity contribution in [2.24, 2.45) is 5.92 Å². The van der Waals surface area contributed by atoms with Gasteiger partial charge >= 0.3 is 11.9 Å². The van der Waals surface area contributed by atoms with Gasteiger partial charge in [0, 0.05) is 6.92 Å². The van der Waals surface area contributed by atoms with Gasteiger partial charge in [-0.1, -0.05) is 181 Å². The van der Waals surface area contributed by atoms with E-state index >= 15 is 0 Å². The third-order valence-corrected chi connectivity index (χ3v) is 8.73. The monoisotopic (exact) mass is 581 g/mol. The fourth-order valence-electron chi connectivity index (χ4n) is 6.08. The van der Waals surface area contributed by atoms with Gasteiger partial charge in [-0.15, -0.1) is 0 Å². The zero-order valence-electron chi connectivity index (χ0n) is 28.3. The number of carbonyl (C=O) groups excluding carboxylic acids is 2. The molecule has 0 spiro atoms. The summed E-state index contributed by atoms with van der Waals surface area (Å²) in [6.07, 6.45) is 36.6. The molecule has 0 aliphatic heterocycles. The highest BCUT2D eigenvalue weighted by Gasteiger charge is 2.30. The molecular weight excluding hydrogens is 508 g/mol. The molecule has 0 N–H and O–H groups in total. The van der Waals surface area contributed by atoms with Crippen LogP contribution in [0, 0.1) is 5.92 Å². The van der Waals surface area contributed by atoms with Crippen LogP contribution in [0.5, 0.6) is 0 Å². The standard InChI is InChI=1S/C37H72O4/c1-5-7-9-11-13-15-17-19-20-21-23-25-27-29-31-33-36(41-34(3)38)35(37(39)40-4)32-30-28-26-24-22-18-16-14-12-10-8-6-2/h35-36H,5-33H2,1-4H3/t35-,36+/m1/s1. The Balaban J connectivity index is 4.04. The molecule has 0 unspecified atom stereocenters. The third-order valence-electron chi connectivity index (χ3n) is 8.73. The maximum absolute atomic E-state index is 12.6. The van der Waals surface area contributed by atoms with Gasteiger partial charge in [-0.25, -0.2) is 0 Å². The molecule has 0 aliphatic rings. The van der Waals surface area contributed by atoms with E-state index in [1.54, 1.807) is 0 Å². The number of unbranched alkanes of at least 4 members (excludes halogenated alkanes) is 25. The van der Waals surface area contributed by atoms with E-state index in [9.17, 15) is 9.59 Å². The number of rotatable bonds is 32. The van der Waals surface area contributed by atoms with Gasteiger partial charge in [-0.3, -0.25) is 9.59 Å². The van der Waals surface area contributed by atoms with E-state index in [0.717, 1.165) is 38.5 Å². The van der Waals surface area contributed by atoms with Crippen molar-refractivity contribution in [2.75, 3.05) is 7.11 Å². The van der Waals surface area contributed by atoms with Crippen molar-refractivity contribution >= 4 is 11.9 Å². The van der Waals surface area contributed by atoms with Crippen molar-refractivity contribution in [3.8, 4) is 0 Å². The summed E-state index contributed by atoms with van der Waals surface area (Å²) in [6, 6.07) is 0. The van der Waals surface area contributed by atoms with Crippen LogP contribution in [-0.2, 0) is 19.1 Å². The lowest BCUT2D eigenvalue weighted by Gasteiger charge is -2.25. The zero-order valence-corrected chi connectivity index (χ0v) is 28.3. The first-order valence-corrected chi connectivity index (χ1v) is 18.3. The number of hydrogen-bond acceptors (Lipinski definition) is 4. The fourth-order valence-corrected chi connectivity index (χ4v) is 6.08. The summed E-state index contributed by atoms with van der Waals surface area (Å²) in [5.74, 6) is -0.849. The number of esters is 2. The molecule has 244 valence electrons. The van der Waals surface area contributed by atoms with Gasteiger partial charge in [0.1, 0.15) is 6.10 Å². The van der Waals surface area contributed by atoms with Crippen LogP contribution in [0.1, 0.15) is 207 Å². The molecule has 2 atom stereocenters. The van der Waals surface area contributed by atoms with Gasteiger partial charge in [-0.2, -0.15) is 0 Å². The van der Waals surface area contributed by atoms with E-state index in [-0.39, 0.29) is 24.0 Å². The van der Waals surface area contributed by atoms with Crippen LogP contribution in [0.25, 0.3) is 0 Å². The van der Waals surface area contributed by atoms with Gasteiger partial charge in [0.05, 0.1) is 13.0 Å². The fraction of sp³-hybridized carbons (Fsp3) is 0.946. The first-order chi connectivity index (χ1) is 20.1. The van der Waals surface area contributed by atoms with Gasteiger partial charge < -0.3 is 9.47 Å². The Morgan fingerprint density at radius 2 is 0.756 bits per heavy atom. The summed E-state index contributed by atoms with van der Waals surface area (Å²) in [4.78, 5) is 24.4. The third kappa shape index (κ3) is 27.5. The largest absolute Gasteiger partial charge is 0.469 e. The minimum Gasteiger partial charge on any atom is -0.469 e. The lowest BCUT2D eigenvalue weighted by molar-refractivity contribution is -0.160.